The molecule has 20 heavy (non-hydrogen) atoms. The van der Waals surface area contributed by atoms with Crippen LogP contribution in [0, 0.1) is 17.3 Å². The Bertz CT molecular complexity index is 391. The van der Waals surface area contributed by atoms with E-state index in [0.29, 0.717) is 31.5 Å². The number of aliphatic hydroxyl groups is 1. The highest BCUT2D eigenvalue weighted by atomic mass is 32.2. The first-order valence-electron chi connectivity index (χ1n) is 7.48. The predicted molar refractivity (Wildman–Crippen MR) is 81.8 cm³/mol. The van der Waals surface area contributed by atoms with Gasteiger partial charge in [-0.2, -0.15) is 0 Å². The number of aliphatic hydroxyl groups excluding tert-OH is 1. The van der Waals surface area contributed by atoms with Crippen molar-refractivity contribution >= 4 is 10.0 Å². The van der Waals surface area contributed by atoms with E-state index in [-0.39, 0.29) is 12.0 Å². The van der Waals surface area contributed by atoms with E-state index in [0.717, 1.165) is 25.7 Å². The largest absolute Gasteiger partial charge is 0.396 e. The number of nitrogens with zero attached hydrogens (tertiary/aromatic N) is 1. The monoisotopic (exact) mass is 306 g/mol. The average molecular weight is 306 g/mol. The van der Waals surface area contributed by atoms with Crippen LogP contribution in [-0.4, -0.2) is 50.3 Å². The van der Waals surface area contributed by atoms with Crippen molar-refractivity contribution in [2.45, 2.75) is 39.5 Å². The second-order valence-corrected chi connectivity index (χ2v) is 8.78. The van der Waals surface area contributed by atoms with Crippen LogP contribution in [0.25, 0.3) is 0 Å². The maximum Gasteiger partial charge on any atom is 0.211 e. The second kappa shape index (κ2) is 7.20. The van der Waals surface area contributed by atoms with Crippen molar-refractivity contribution in [1.29, 1.82) is 0 Å². The second-order valence-electron chi connectivity index (χ2n) is 6.79. The summed E-state index contributed by atoms with van der Waals surface area (Å²) in [7, 11) is -3.11. The molecule has 0 radical (unpaired) electrons. The molecule has 1 heterocycles. The standard InChI is InChI=1S/C14H30N2O3S/c1-12(2)7-14(10-15,11-17)8-13-5-4-6-16(9-13)20(3,18)19/h12-13,17H,4-11,15H2,1-3H3. The van der Waals surface area contributed by atoms with E-state index in [9.17, 15) is 13.5 Å². The molecule has 5 nitrogen and oxygen atoms in total. The number of nitrogens with two attached hydrogens (primary N) is 1. The lowest BCUT2D eigenvalue weighted by atomic mass is 9.73. The number of rotatable bonds is 7. The van der Waals surface area contributed by atoms with E-state index in [1.807, 2.05) is 0 Å². The molecule has 0 aromatic rings. The molecule has 120 valence electrons. The number of hydrogen-bond donors (Lipinski definition) is 2. The topological polar surface area (TPSA) is 83.6 Å². The molecule has 6 heteroatoms. The molecule has 0 aliphatic carbocycles. The fourth-order valence-electron chi connectivity index (χ4n) is 3.42. The molecule has 1 aliphatic rings. The van der Waals surface area contributed by atoms with E-state index in [1.165, 1.54) is 6.26 Å². The van der Waals surface area contributed by atoms with Gasteiger partial charge in [0.05, 0.1) is 6.26 Å². The van der Waals surface area contributed by atoms with E-state index in [4.69, 9.17) is 5.73 Å². The molecule has 0 spiro atoms. The Kier molecular flexibility index (Phi) is 6.44. The molecule has 1 rings (SSSR count). The van der Waals surface area contributed by atoms with Crippen LogP contribution < -0.4 is 5.73 Å². The van der Waals surface area contributed by atoms with Gasteiger partial charge in [-0.1, -0.05) is 13.8 Å². The summed E-state index contributed by atoms with van der Waals surface area (Å²) >= 11 is 0. The minimum atomic E-state index is -3.11. The highest BCUT2D eigenvalue weighted by Gasteiger charge is 2.35. The normalized spacial score (nSPS) is 24.8. The summed E-state index contributed by atoms with van der Waals surface area (Å²) in [4.78, 5) is 0. The van der Waals surface area contributed by atoms with Crippen molar-refractivity contribution < 1.29 is 13.5 Å². The van der Waals surface area contributed by atoms with Crippen molar-refractivity contribution in [2.75, 3.05) is 32.5 Å². The van der Waals surface area contributed by atoms with Gasteiger partial charge in [0.15, 0.2) is 0 Å². The van der Waals surface area contributed by atoms with Gasteiger partial charge in [0.2, 0.25) is 10.0 Å². The molecular weight excluding hydrogens is 276 g/mol. The average Bonchev–Trinajstić information content (AvgIpc) is 2.36. The molecule has 2 atom stereocenters. The van der Waals surface area contributed by atoms with Gasteiger partial charge in [-0.3, -0.25) is 0 Å². The van der Waals surface area contributed by atoms with Gasteiger partial charge >= 0.3 is 0 Å². The Labute approximate surface area is 123 Å². The van der Waals surface area contributed by atoms with Gasteiger partial charge < -0.3 is 10.8 Å². The molecule has 3 N–H and O–H groups in total. The molecule has 0 aromatic carbocycles. The molecule has 1 aliphatic heterocycles. The SMILES string of the molecule is CC(C)CC(CN)(CO)CC1CCCN(S(C)(=O)=O)C1. The highest BCUT2D eigenvalue weighted by molar-refractivity contribution is 7.88. The third-order valence-electron chi connectivity index (χ3n) is 4.28. The van der Waals surface area contributed by atoms with Crippen LogP contribution >= 0.6 is 0 Å². The van der Waals surface area contributed by atoms with Crippen LogP contribution in [0.15, 0.2) is 0 Å². The van der Waals surface area contributed by atoms with Crippen molar-refractivity contribution in [2.24, 2.45) is 23.0 Å². The number of hydrogen-bond acceptors (Lipinski definition) is 4. The fraction of sp³-hybridized carbons (Fsp3) is 1.00. The Balaban J connectivity index is 2.73. The molecular formula is C14H30N2O3S. The van der Waals surface area contributed by atoms with E-state index in [1.54, 1.807) is 4.31 Å². The Hall–Kier alpha value is -0.170. The van der Waals surface area contributed by atoms with Crippen molar-refractivity contribution in [3.63, 3.8) is 0 Å². The molecule has 0 bridgehead atoms. The lowest BCUT2D eigenvalue weighted by Crippen LogP contribution is -2.44. The lowest BCUT2D eigenvalue weighted by molar-refractivity contribution is 0.0684. The summed E-state index contributed by atoms with van der Waals surface area (Å²) < 4.78 is 24.9. The Morgan fingerprint density at radius 2 is 2.10 bits per heavy atom. The van der Waals surface area contributed by atoms with Crippen LogP contribution in [0.5, 0.6) is 0 Å². The predicted octanol–water partition coefficient (Wildman–Crippen LogP) is 1.03. The van der Waals surface area contributed by atoms with Gasteiger partial charge in [-0.25, -0.2) is 12.7 Å². The summed E-state index contributed by atoms with van der Waals surface area (Å²) in [5, 5.41) is 9.77. The van der Waals surface area contributed by atoms with E-state index < -0.39 is 10.0 Å². The first-order chi connectivity index (χ1) is 9.22. The minimum absolute atomic E-state index is 0.0804. The van der Waals surface area contributed by atoms with Gasteiger partial charge in [-0.15, -0.1) is 0 Å². The van der Waals surface area contributed by atoms with E-state index >= 15 is 0 Å². The van der Waals surface area contributed by atoms with Crippen LogP contribution in [0.3, 0.4) is 0 Å². The zero-order valence-electron chi connectivity index (χ0n) is 13.0. The Morgan fingerprint density at radius 1 is 1.45 bits per heavy atom. The zero-order valence-corrected chi connectivity index (χ0v) is 13.8. The van der Waals surface area contributed by atoms with Crippen molar-refractivity contribution in [3.8, 4) is 0 Å². The lowest BCUT2D eigenvalue weighted by Gasteiger charge is -2.39. The minimum Gasteiger partial charge on any atom is -0.396 e. The molecule has 1 saturated heterocycles. The van der Waals surface area contributed by atoms with Crippen LogP contribution in [0.1, 0.15) is 39.5 Å². The maximum absolute atomic E-state index is 11.7. The summed E-state index contributed by atoms with van der Waals surface area (Å²) in [6.07, 6.45) is 4.88. The van der Waals surface area contributed by atoms with Crippen molar-refractivity contribution in [1.82, 2.24) is 4.31 Å². The quantitative estimate of drug-likeness (QED) is 0.736. The van der Waals surface area contributed by atoms with Crippen LogP contribution in [0.2, 0.25) is 0 Å². The van der Waals surface area contributed by atoms with Gasteiger partial charge in [0.25, 0.3) is 0 Å². The van der Waals surface area contributed by atoms with Gasteiger partial charge in [0.1, 0.15) is 0 Å². The summed E-state index contributed by atoms with van der Waals surface area (Å²) in [6, 6.07) is 0. The van der Waals surface area contributed by atoms with E-state index in [2.05, 4.69) is 13.8 Å². The molecule has 0 saturated carbocycles. The first kappa shape index (κ1) is 17.9. The first-order valence-corrected chi connectivity index (χ1v) is 9.33. The van der Waals surface area contributed by atoms with Crippen LogP contribution in [-0.2, 0) is 10.0 Å². The summed E-state index contributed by atoms with van der Waals surface area (Å²) in [5.41, 5.74) is 5.65. The highest BCUT2D eigenvalue weighted by Crippen LogP contribution is 2.35. The number of piperidine rings is 1. The molecule has 0 amide bonds. The summed E-state index contributed by atoms with van der Waals surface area (Å²) in [5.74, 6) is 0.772. The fourth-order valence-corrected chi connectivity index (χ4v) is 4.36. The Morgan fingerprint density at radius 3 is 2.55 bits per heavy atom. The summed E-state index contributed by atoms with van der Waals surface area (Å²) in [6.45, 7) is 5.98. The third kappa shape index (κ3) is 4.98. The molecule has 0 aromatic heterocycles. The molecule has 2 unspecified atom stereocenters. The van der Waals surface area contributed by atoms with Gasteiger partial charge in [-0.05, 0) is 37.5 Å². The third-order valence-corrected chi connectivity index (χ3v) is 5.55. The molecule has 1 fully saturated rings. The van der Waals surface area contributed by atoms with Crippen LogP contribution in [0.4, 0.5) is 0 Å². The smallest absolute Gasteiger partial charge is 0.211 e. The zero-order chi connectivity index (χ0) is 15.4. The number of sulfonamides is 1. The maximum atomic E-state index is 11.7. The van der Waals surface area contributed by atoms with Crippen molar-refractivity contribution in [3.05, 3.63) is 0 Å². The van der Waals surface area contributed by atoms with Gasteiger partial charge in [0, 0.05) is 31.7 Å².